The van der Waals surface area contributed by atoms with Crippen molar-refractivity contribution in [1.29, 1.82) is 0 Å². The number of nitrogens with zero attached hydrogens (tertiary/aromatic N) is 1. The molecule has 0 fully saturated rings. The van der Waals surface area contributed by atoms with E-state index in [1.54, 1.807) is 23.2 Å². The molecule has 0 bridgehead atoms. The van der Waals surface area contributed by atoms with Gasteiger partial charge in [-0.2, -0.15) is 0 Å². The molecule has 0 aliphatic carbocycles. The van der Waals surface area contributed by atoms with Gasteiger partial charge >= 0.3 is 0 Å². The van der Waals surface area contributed by atoms with Gasteiger partial charge in [-0.15, -0.1) is 23.1 Å². The first-order valence-electron chi connectivity index (χ1n) is 7.48. The maximum atomic E-state index is 12.0. The lowest BCUT2D eigenvalue weighted by Crippen LogP contribution is -2.24. The van der Waals surface area contributed by atoms with Crippen LogP contribution in [-0.2, 0) is 11.3 Å². The van der Waals surface area contributed by atoms with E-state index < -0.39 is 5.91 Å². The molecule has 0 unspecified atom stereocenters. The van der Waals surface area contributed by atoms with Gasteiger partial charge in [0.25, 0.3) is 5.91 Å². The maximum Gasteiger partial charge on any atom is 0.251 e. The van der Waals surface area contributed by atoms with E-state index in [1.165, 1.54) is 21.8 Å². The van der Waals surface area contributed by atoms with Gasteiger partial charge in [0, 0.05) is 24.4 Å². The third-order valence-corrected chi connectivity index (χ3v) is 5.09. The summed E-state index contributed by atoms with van der Waals surface area (Å²) in [6.07, 6.45) is 2.41. The second kappa shape index (κ2) is 8.86. The van der Waals surface area contributed by atoms with Crippen LogP contribution in [0.15, 0.2) is 40.6 Å². The van der Waals surface area contributed by atoms with E-state index in [0.29, 0.717) is 23.5 Å². The highest BCUT2D eigenvalue weighted by atomic mass is 32.2. The number of hydrogen-bond donors (Lipinski definition) is 2. The number of primary amides is 1. The van der Waals surface area contributed by atoms with Crippen molar-refractivity contribution in [2.24, 2.45) is 5.73 Å². The van der Waals surface area contributed by atoms with Gasteiger partial charge in [0.1, 0.15) is 5.00 Å². The van der Waals surface area contributed by atoms with Crippen molar-refractivity contribution in [3.8, 4) is 0 Å². The van der Waals surface area contributed by atoms with Crippen LogP contribution in [0.2, 0.25) is 0 Å². The Bertz CT molecular complexity index is 698. The number of nitrogens with two attached hydrogens (primary N) is 1. The fourth-order valence-electron chi connectivity index (χ4n) is 2.20. The topological polar surface area (TPSA) is 75.4 Å². The van der Waals surface area contributed by atoms with E-state index >= 15 is 0 Å². The highest BCUT2D eigenvalue weighted by Gasteiger charge is 2.13. The van der Waals surface area contributed by atoms with E-state index in [-0.39, 0.29) is 5.91 Å². The summed E-state index contributed by atoms with van der Waals surface area (Å²) in [5, 5.41) is 5.01. The van der Waals surface area contributed by atoms with Gasteiger partial charge < -0.3 is 16.0 Å². The summed E-state index contributed by atoms with van der Waals surface area (Å²) in [5.41, 5.74) is 6.84. The number of amides is 2. The van der Waals surface area contributed by atoms with Crippen molar-refractivity contribution in [2.45, 2.75) is 17.9 Å². The molecule has 0 radical (unpaired) electrons. The molecule has 1 aromatic carbocycles. The lowest BCUT2D eigenvalue weighted by molar-refractivity contribution is -0.116. The Hall–Kier alpha value is -1.83. The quantitative estimate of drug-likeness (QED) is 0.707. The Labute approximate surface area is 150 Å². The fourth-order valence-corrected chi connectivity index (χ4v) is 3.42. The van der Waals surface area contributed by atoms with Crippen LogP contribution in [-0.4, -0.2) is 36.6 Å². The first-order valence-corrected chi connectivity index (χ1v) is 9.58. The standard InChI is InChI=1S/C17H21N3O2S2/c1-20(11-12-3-5-13(23-2)6-4-12)9-7-15(21)19-17-14(16(18)22)8-10-24-17/h3-6,8,10H,7,9,11H2,1-2H3,(H2,18,22)(H,19,21). The first kappa shape index (κ1) is 18.5. The molecular formula is C17H21N3O2S2. The van der Waals surface area contributed by atoms with Crippen LogP contribution in [0.5, 0.6) is 0 Å². The molecule has 0 aliphatic rings. The molecule has 0 spiro atoms. The van der Waals surface area contributed by atoms with Crippen LogP contribution in [0.25, 0.3) is 0 Å². The summed E-state index contributed by atoms with van der Waals surface area (Å²) in [6.45, 7) is 1.42. The summed E-state index contributed by atoms with van der Waals surface area (Å²) in [7, 11) is 1.98. The third kappa shape index (κ3) is 5.36. The molecule has 0 atom stereocenters. The van der Waals surface area contributed by atoms with E-state index in [4.69, 9.17) is 5.73 Å². The Balaban J connectivity index is 1.80. The molecule has 2 rings (SSSR count). The number of anilines is 1. The zero-order chi connectivity index (χ0) is 17.5. The monoisotopic (exact) mass is 363 g/mol. The third-order valence-electron chi connectivity index (χ3n) is 3.52. The Kier molecular flexibility index (Phi) is 6.84. The molecule has 2 amide bonds. The van der Waals surface area contributed by atoms with E-state index in [0.717, 1.165) is 6.54 Å². The van der Waals surface area contributed by atoms with E-state index in [2.05, 4.69) is 40.7 Å². The molecule has 0 saturated carbocycles. The second-order valence-corrected chi connectivity index (χ2v) is 7.21. The van der Waals surface area contributed by atoms with Crippen molar-refractivity contribution in [3.63, 3.8) is 0 Å². The van der Waals surface area contributed by atoms with Crippen LogP contribution < -0.4 is 11.1 Å². The van der Waals surface area contributed by atoms with Crippen LogP contribution in [0, 0.1) is 0 Å². The second-order valence-electron chi connectivity index (χ2n) is 5.41. The van der Waals surface area contributed by atoms with Crippen LogP contribution in [0.3, 0.4) is 0 Å². The molecule has 1 heterocycles. The van der Waals surface area contributed by atoms with Crippen LogP contribution in [0.1, 0.15) is 22.3 Å². The Morgan fingerprint density at radius 2 is 1.96 bits per heavy atom. The summed E-state index contributed by atoms with van der Waals surface area (Å²) in [6, 6.07) is 10.0. The number of carbonyl (C=O) groups is 2. The number of thioether (sulfide) groups is 1. The molecule has 3 N–H and O–H groups in total. The first-order chi connectivity index (χ1) is 11.5. The van der Waals surface area contributed by atoms with Crippen molar-refractivity contribution in [1.82, 2.24) is 4.90 Å². The average molecular weight is 364 g/mol. The number of thiophene rings is 1. The van der Waals surface area contributed by atoms with Gasteiger partial charge in [-0.1, -0.05) is 12.1 Å². The molecule has 0 saturated heterocycles. The minimum Gasteiger partial charge on any atom is -0.366 e. The van der Waals surface area contributed by atoms with Gasteiger partial charge in [-0.25, -0.2) is 0 Å². The smallest absolute Gasteiger partial charge is 0.251 e. The minimum absolute atomic E-state index is 0.121. The van der Waals surface area contributed by atoms with E-state index in [9.17, 15) is 9.59 Å². The number of benzene rings is 1. The van der Waals surface area contributed by atoms with Crippen LogP contribution in [0.4, 0.5) is 5.00 Å². The maximum absolute atomic E-state index is 12.0. The number of hydrogen-bond acceptors (Lipinski definition) is 5. The molecule has 7 heteroatoms. The molecule has 1 aromatic heterocycles. The van der Waals surface area contributed by atoms with Crippen molar-refractivity contribution < 1.29 is 9.59 Å². The number of nitrogens with one attached hydrogen (secondary N) is 1. The van der Waals surface area contributed by atoms with Crippen LogP contribution >= 0.6 is 23.1 Å². The molecule has 0 aliphatic heterocycles. The fraction of sp³-hybridized carbons (Fsp3) is 0.294. The number of carbonyl (C=O) groups excluding carboxylic acids is 2. The minimum atomic E-state index is -0.530. The highest BCUT2D eigenvalue weighted by molar-refractivity contribution is 7.98. The molecular weight excluding hydrogens is 342 g/mol. The number of rotatable bonds is 8. The molecule has 5 nitrogen and oxygen atoms in total. The Morgan fingerprint density at radius 1 is 1.25 bits per heavy atom. The largest absolute Gasteiger partial charge is 0.366 e. The van der Waals surface area contributed by atoms with Crippen molar-refractivity contribution >= 4 is 39.9 Å². The average Bonchev–Trinajstić information content (AvgIpc) is 3.02. The lowest BCUT2D eigenvalue weighted by Gasteiger charge is -2.16. The molecule has 2 aromatic rings. The van der Waals surface area contributed by atoms with Crippen molar-refractivity contribution in [2.75, 3.05) is 25.2 Å². The summed E-state index contributed by atoms with van der Waals surface area (Å²) >= 11 is 3.02. The summed E-state index contributed by atoms with van der Waals surface area (Å²) in [5.74, 6) is -0.651. The van der Waals surface area contributed by atoms with Gasteiger partial charge in [0.2, 0.25) is 5.91 Å². The van der Waals surface area contributed by atoms with Crippen molar-refractivity contribution in [3.05, 3.63) is 46.8 Å². The zero-order valence-electron chi connectivity index (χ0n) is 13.7. The van der Waals surface area contributed by atoms with Gasteiger partial charge in [0.05, 0.1) is 5.56 Å². The van der Waals surface area contributed by atoms with Gasteiger partial charge in [0.15, 0.2) is 0 Å². The lowest BCUT2D eigenvalue weighted by atomic mass is 10.2. The normalized spacial score (nSPS) is 10.8. The predicted molar refractivity (Wildman–Crippen MR) is 101 cm³/mol. The van der Waals surface area contributed by atoms with Gasteiger partial charge in [-0.05, 0) is 42.4 Å². The zero-order valence-corrected chi connectivity index (χ0v) is 15.4. The molecule has 128 valence electrons. The SMILES string of the molecule is CSc1ccc(CN(C)CCC(=O)Nc2sccc2C(N)=O)cc1. The highest BCUT2D eigenvalue weighted by Crippen LogP contribution is 2.22. The predicted octanol–water partition coefficient (Wildman–Crippen LogP) is 3.03. The summed E-state index contributed by atoms with van der Waals surface area (Å²) < 4.78 is 0. The molecule has 24 heavy (non-hydrogen) atoms. The van der Waals surface area contributed by atoms with Gasteiger partial charge in [-0.3, -0.25) is 9.59 Å². The Morgan fingerprint density at radius 3 is 2.58 bits per heavy atom. The van der Waals surface area contributed by atoms with E-state index in [1.807, 2.05) is 7.05 Å². The summed E-state index contributed by atoms with van der Waals surface area (Å²) in [4.78, 5) is 26.6.